The number of amides is 1. The van der Waals surface area contributed by atoms with Crippen molar-refractivity contribution in [1.29, 1.82) is 0 Å². The second-order valence-corrected chi connectivity index (χ2v) is 3.78. The normalized spacial score (nSPS) is 10.6. The van der Waals surface area contributed by atoms with Crippen LogP contribution < -0.4 is 17.0 Å². The van der Waals surface area contributed by atoms with Crippen LogP contribution in [0.15, 0.2) is 27.8 Å². The molecule has 6 heteroatoms. The molecule has 17 heavy (non-hydrogen) atoms. The predicted molar refractivity (Wildman–Crippen MR) is 62.7 cm³/mol. The number of carbonyl (C=O) groups is 1. The Morgan fingerprint density at radius 2 is 2.12 bits per heavy atom. The highest BCUT2D eigenvalue weighted by Crippen LogP contribution is 2.11. The Balaban J connectivity index is 2.89. The fourth-order valence-corrected chi connectivity index (χ4v) is 1.75. The number of carbonyl (C=O) groups excluding carboxylic acids is 1. The molecule has 0 aliphatic heterocycles. The molecule has 0 spiro atoms. The average Bonchev–Trinajstić information content (AvgIpc) is 2.25. The zero-order chi connectivity index (χ0) is 12.6. The molecule has 0 unspecified atom stereocenters. The molecule has 1 aromatic carbocycles. The number of rotatable bonds is 2. The van der Waals surface area contributed by atoms with E-state index in [4.69, 9.17) is 5.73 Å². The summed E-state index contributed by atoms with van der Waals surface area (Å²) in [6.07, 6.45) is -0.0291. The van der Waals surface area contributed by atoms with E-state index in [9.17, 15) is 14.4 Å². The third kappa shape index (κ3) is 1.84. The summed E-state index contributed by atoms with van der Waals surface area (Å²) in [6, 6.07) is 4.92. The summed E-state index contributed by atoms with van der Waals surface area (Å²) in [5, 5.41) is 0.327. The maximum absolute atomic E-state index is 11.9. The van der Waals surface area contributed by atoms with E-state index in [0.717, 1.165) is 4.57 Å². The van der Waals surface area contributed by atoms with Gasteiger partial charge in [-0.15, -0.1) is 0 Å². The van der Waals surface area contributed by atoms with Gasteiger partial charge < -0.3 is 10.7 Å². The molecule has 6 nitrogen and oxygen atoms in total. The van der Waals surface area contributed by atoms with Gasteiger partial charge in [-0.2, -0.15) is 0 Å². The summed E-state index contributed by atoms with van der Waals surface area (Å²) in [4.78, 5) is 36.8. The summed E-state index contributed by atoms with van der Waals surface area (Å²) in [5.74, 6) is -0.522. The van der Waals surface area contributed by atoms with E-state index in [1.807, 2.05) is 0 Å². The number of benzene rings is 1. The number of aromatic amines is 1. The Morgan fingerprint density at radius 1 is 1.41 bits per heavy atom. The summed E-state index contributed by atoms with van der Waals surface area (Å²) in [6.45, 7) is 0. The molecule has 0 saturated heterocycles. The zero-order valence-electron chi connectivity index (χ0n) is 9.19. The van der Waals surface area contributed by atoms with Gasteiger partial charge in [0, 0.05) is 7.05 Å². The minimum atomic E-state index is -0.522. The number of H-pyrrole nitrogens is 1. The number of primary amides is 1. The van der Waals surface area contributed by atoms with Crippen molar-refractivity contribution in [3.63, 3.8) is 0 Å². The molecule has 0 fully saturated rings. The van der Waals surface area contributed by atoms with Gasteiger partial charge in [0.25, 0.3) is 5.56 Å². The number of nitrogens with one attached hydrogen (secondary N) is 1. The van der Waals surface area contributed by atoms with Crippen LogP contribution in [0.5, 0.6) is 0 Å². The van der Waals surface area contributed by atoms with Crippen LogP contribution in [0.3, 0.4) is 0 Å². The third-order valence-corrected chi connectivity index (χ3v) is 2.58. The first kappa shape index (κ1) is 11.1. The van der Waals surface area contributed by atoms with E-state index >= 15 is 0 Å². The minimum absolute atomic E-state index is 0.0291. The Morgan fingerprint density at radius 3 is 2.76 bits per heavy atom. The van der Waals surface area contributed by atoms with Crippen LogP contribution in [0, 0.1) is 0 Å². The van der Waals surface area contributed by atoms with Crippen molar-refractivity contribution in [2.75, 3.05) is 0 Å². The molecule has 0 bridgehead atoms. The van der Waals surface area contributed by atoms with Gasteiger partial charge in [-0.1, -0.05) is 12.1 Å². The molecular weight excluding hydrogens is 222 g/mol. The Kier molecular flexibility index (Phi) is 2.55. The zero-order valence-corrected chi connectivity index (χ0v) is 9.19. The average molecular weight is 233 g/mol. The molecule has 1 amide bonds. The fraction of sp³-hybridized carbons (Fsp3) is 0.182. The highest BCUT2D eigenvalue weighted by atomic mass is 16.2. The highest BCUT2D eigenvalue weighted by Gasteiger charge is 2.10. The van der Waals surface area contributed by atoms with Crippen LogP contribution in [0.25, 0.3) is 10.9 Å². The van der Waals surface area contributed by atoms with Gasteiger partial charge in [-0.3, -0.25) is 14.2 Å². The molecule has 0 saturated carbocycles. The van der Waals surface area contributed by atoms with Crippen LogP contribution in [-0.4, -0.2) is 15.5 Å². The molecule has 88 valence electrons. The van der Waals surface area contributed by atoms with Gasteiger partial charge in [-0.25, -0.2) is 4.79 Å². The monoisotopic (exact) mass is 233 g/mol. The molecule has 0 aliphatic rings. The lowest BCUT2D eigenvalue weighted by Crippen LogP contribution is -2.33. The fourth-order valence-electron chi connectivity index (χ4n) is 1.75. The van der Waals surface area contributed by atoms with E-state index in [1.165, 1.54) is 7.05 Å². The minimum Gasteiger partial charge on any atom is -0.369 e. The van der Waals surface area contributed by atoms with Crippen molar-refractivity contribution < 1.29 is 4.79 Å². The van der Waals surface area contributed by atoms with Gasteiger partial charge in [0.2, 0.25) is 5.91 Å². The van der Waals surface area contributed by atoms with Gasteiger partial charge in [0.1, 0.15) is 0 Å². The van der Waals surface area contributed by atoms with Crippen LogP contribution in [0.1, 0.15) is 5.56 Å². The first-order valence-electron chi connectivity index (χ1n) is 5.00. The van der Waals surface area contributed by atoms with Crippen LogP contribution >= 0.6 is 0 Å². The lowest BCUT2D eigenvalue weighted by atomic mass is 10.1. The molecule has 0 radical (unpaired) electrons. The van der Waals surface area contributed by atoms with Crippen molar-refractivity contribution in [3.05, 3.63) is 44.6 Å². The lowest BCUT2D eigenvalue weighted by molar-refractivity contribution is -0.117. The number of nitrogens with two attached hydrogens (primary N) is 1. The second-order valence-electron chi connectivity index (χ2n) is 3.78. The standard InChI is InChI=1S/C11H11N3O3/c1-14-10(16)9-6(5-8(12)15)3-2-4-7(9)13-11(14)17/h2-4H,5H2,1H3,(H2,12,15)(H,13,17). The lowest BCUT2D eigenvalue weighted by Gasteiger charge is -2.05. The first-order valence-corrected chi connectivity index (χ1v) is 5.00. The van der Waals surface area contributed by atoms with E-state index in [0.29, 0.717) is 16.5 Å². The summed E-state index contributed by atoms with van der Waals surface area (Å²) in [5.41, 5.74) is 5.13. The number of hydrogen-bond acceptors (Lipinski definition) is 3. The molecule has 2 rings (SSSR count). The molecule has 2 aromatic rings. The SMILES string of the molecule is Cn1c(=O)[nH]c2cccc(CC(N)=O)c2c1=O. The summed E-state index contributed by atoms with van der Waals surface area (Å²) >= 11 is 0. The second kappa shape index (κ2) is 3.89. The number of aromatic nitrogens is 2. The van der Waals surface area contributed by atoms with Crippen molar-refractivity contribution in [1.82, 2.24) is 9.55 Å². The maximum atomic E-state index is 11.9. The summed E-state index contributed by atoms with van der Waals surface area (Å²) in [7, 11) is 1.38. The number of fused-ring (bicyclic) bond motifs is 1. The van der Waals surface area contributed by atoms with Crippen LogP contribution in [0.4, 0.5) is 0 Å². The molecule has 3 N–H and O–H groups in total. The van der Waals surface area contributed by atoms with E-state index in [2.05, 4.69) is 4.98 Å². The molecule has 0 atom stereocenters. The summed E-state index contributed by atoms with van der Waals surface area (Å²) < 4.78 is 0.965. The maximum Gasteiger partial charge on any atom is 0.328 e. The van der Waals surface area contributed by atoms with Gasteiger partial charge in [-0.05, 0) is 11.6 Å². The smallest absolute Gasteiger partial charge is 0.328 e. The largest absolute Gasteiger partial charge is 0.369 e. The molecular formula is C11H11N3O3. The predicted octanol–water partition coefficient (Wildman–Crippen LogP) is -0.745. The Labute approximate surface area is 95.7 Å². The van der Waals surface area contributed by atoms with Crippen molar-refractivity contribution in [2.45, 2.75) is 6.42 Å². The molecule has 0 aliphatic carbocycles. The Hall–Kier alpha value is -2.37. The quantitative estimate of drug-likeness (QED) is 0.714. The number of hydrogen-bond donors (Lipinski definition) is 2. The third-order valence-electron chi connectivity index (χ3n) is 2.58. The number of nitrogens with zero attached hydrogens (tertiary/aromatic N) is 1. The topological polar surface area (TPSA) is 97.9 Å². The van der Waals surface area contributed by atoms with Crippen molar-refractivity contribution in [3.8, 4) is 0 Å². The van der Waals surface area contributed by atoms with E-state index in [1.54, 1.807) is 18.2 Å². The molecule has 1 aromatic heterocycles. The van der Waals surface area contributed by atoms with E-state index < -0.39 is 17.2 Å². The van der Waals surface area contributed by atoms with Crippen molar-refractivity contribution >= 4 is 16.8 Å². The molecule has 1 heterocycles. The van der Waals surface area contributed by atoms with Gasteiger partial charge >= 0.3 is 5.69 Å². The highest BCUT2D eigenvalue weighted by molar-refractivity contribution is 5.86. The first-order chi connectivity index (χ1) is 8.00. The van der Waals surface area contributed by atoms with Crippen LogP contribution in [0.2, 0.25) is 0 Å². The van der Waals surface area contributed by atoms with Crippen LogP contribution in [-0.2, 0) is 18.3 Å². The van der Waals surface area contributed by atoms with Crippen molar-refractivity contribution in [2.24, 2.45) is 12.8 Å². The Bertz CT molecular complexity index is 712. The van der Waals surface area contributed by atoms with E-state index in [-0.39, 0.29) is 6.42 Å². The van der Waals surface area contributed by atoms with Gasteiger partial charge in [0.15, 0.2) is 0 Å². The van der Waals surface area contributed by atoms with Gasteiger partial charge in [0.05, 0.1) is 17.3 Å².